The van der Waals surface area contributed by atoms with Gasteiger partial charge >= 0.3 is 0 Å². The maximum atomic E-state index is 13.1. The highest BCUT2D eigenvalue weighted by atomic mass is 19.1. The number of aromatic nitrogens is 1. The van der Waals surface area contributed by atoms with E-state index in [-0.39, 0.29) is 5.56 Å². The Hall–Kier alpha value is -2.47. The Labute approximate surface area is 98.7 Å². The molecule has 0 atom stereocenters. The van der Waals surface area contributed by atoms with E-state index in [4.69, 9.17) is 5.26 Å². The van der Waals surface area contributed by atoms with Gasteiger partial charge in [0.25, 0.3) is 0 Å². The molecule has 2 nitrogen and oxygen atoms in total. The third-order valence-electron chi connectivity index (χ3n) is 2.29. The van der Waals surface area contributed by atoms with Gasteiger partial charge < -0.3 is 0 Å². The first-order valence-electron chi connectivity index (χ1n) is 5.07. The smallest absolute Gasteiger partial charge is 0.140 e. The van der Waals surface area contributed by atoms with Crippen LogP contribution in [0.25, 0.3) is 12.2 Å². The van der Waals surface area contributed by atoms with Crippen molar-refractivity contribution in [1.29, 1.82) is 5.26 Å². The van der Waals surface area contributed by atoms with Crippen LogP contribution in [0, 0.1) is 17.1 Å². The van der Waals surface area contributed by atoms with Gasteiger partial charge in [0, 0.05) is 12.4 Å². The molecule has 1 heterocycles. The number of halogens is 1. The molecule has 0 aliphatic rings. The molecular weight excluding hydrogens is 215 g/mol. The SMILES string of the molecule is N#Cc1cc(/C=C/c2ccncc2)ccc1F. The molecule has 0 saturated heterocycles. The average molecular weight is 224 g/mol. The molecule has 0 amide bonds. The fraction of sp³-hybridized carbons (Fsp3) is 0. The highest BCUT2D eigenvalue weighted by molar-refractivity contribution is 5.69. The van der Waals surface area contributed by atoms with Crippen LogP contribution in [0.3, 0.4) is 0 Å². The fourth-order valence-electron chi connectivity index (χ4n) is 1.40. The average Bonchev–Trinajstić information content (AvgIpc) is 2.39. The Morgan fingerprint density at radius 1 is 1.06 bits per heavy atom. The number of benzene rings is 1. The maximum absolute atomic E-state index is 13.1. The molecule has 0 aliphatic carbocycles. The van der Waals surface area contributed by atoms with E-state index in [0.29, 0.717) is 0 Å². The first kappa shape index (κ1) is 11.0. The van der Waals surface area contributed by atoms with E-state index in [1.165, 1.54) is 12.1 Å². The van der Waals surface area contributed by atoms with Crippen LogP contribution in [0.15, 0.2) is 42.7 Å². The normalized spacial score (nSPS) is 10.4. The third-order valence-corrected chi connectivity index (χ3v) is 2.29. The van der Waals surface area contributed by atoms with Crippen LogP contribution in [-0.2, 0) is 0 Å². The Kier molecular flexibility index (Phi) is 3.27. The minimum absolute atomic E-state index is 0.0573. The standard InChI is InChI=1S/C14H9FN2/c15-14-4-3-12(9-13(14)10-16)2-1-11-5-7-17-8-6-11/h1-9H/b2-1+. The number of pyridine rings is 1. The molecule has 0 radical (unpaired) electrons. The molecule has 0 aliphatic heterocycles. The van der Waals surface area contributed by atoms with Gasteiger partial charge in [0.05, 0.1) is 5.56 Å². The summed E-state index contributed by atoms with van der Waals surface area (Å²) < 4.78 is 13.1. The highest BCUT2D eigenvalue weighted by Crippen LogP contribution is 2.12. The summed E-state index contributed by atoms with van der Waals surface area (Å²) in [5.74, 6) is -0.492. The van der Waals surface area contributed by atoms with E-state index in [9.17, 15) is 4.39 Å². The van der Waals surface area contributed by atoms with Crippen LogP contribution in [-0.4, -0.2) is 4.98 Å². The lowest BCUT2D eigenvalue weighted by molar-refractivity contribution is 0.624. The van der Waals surface area contributed by atoms with Gasteiger partial charge in [-0.05, 0) is 35.4 Å². The van der Waals surface area contributed by atoms with Gasteiger partial charge in [0.2, 0.25) is 0 Å². The van der Waals surface area contributed by atoms with Crippen molar-refractivity contribution in [1.82, 2.24) is 4.98 Å². The summed E-state index contributed by atoms with van der Waals surface area (Å²) in [4.78, 5) is 3.91. The van der Waals surface area contributed by atoms with E-state index >= 15 is 0 Å². The zero-order valence-electron chi connectivity index (χ0n) is 8.97. The maximum Gasteiger partial charge on any atom is 0.140 e. The van der Waals surface area contributed by atoms with Gasteiger partial charge in [0.15, 0.2) is 0 Å². The fourth-order valence-corrected chi connectivity index (χ4v) is 1.40. The number of nitrogens with zero attached hydrogens (tertiary/aromatic N) is 2. The molecule has 1 aromatic carbocycles. The molecule has 1 aromatic heterocycles. The van der Waals surface area contributed by atoms with Crippen molar-refractivity contribution >= 4 is 12.2 Å². The second-order valence-corrected chi connectivity index (χ2v) is 3.46. The second-order valence-electron chi connectivity index (χ2n) is 3.46. The number of hydrogen-bond acceptors (Lipinski definition) is 2. The van der Waals surface area contributed by atoms with Gasteiger partial charge in [-0.3, -0.25) is 4.98 Å². The van der Waals surface area contributed by atoms with Crippen LogP contribution in [0.5, 0.6) is 0 Å². The van der Waals surface area contributed by atoms with E-state index in [1.54, 1.807) is 18.5 Å². The predicted octanol–water partition coefficient (Wildman–Crippen LogP) is 3.26. The van der Waals surface area contributed by atoms with Gasteiger partial charge in [-0.1, -0.05) is 18.2 Å². The van der Waals surface area contributed by atoms with Gasteiger partial charge in [0.1, 0.15) is 11.9 Å². The Morgan fingerprint density at radius 3 is 2.47 bits per heavy atom. The van der Waals surface area contributed by atoms with Crippen LogP contribution < -0.4 is 0 Å². The quantitative estimate of drug-likeness (QED) is 0.785. The first-order valence-corrected chi connectivity index (χ1v) is 5.07. The van der Waals surface area contributed by atoms with Crippen molar-refractivity contribution in [2.75, 3.05) is 0 Å². The topological polar surface area (TPSA) is 36.7 Å². The molecule has 2 aromatic rings. The Balaban J connectivity index is 2.26. The summed E-state index contributed by atoms with van der Waals surface area (Å²) >= 11 is 0. The van der Waals surface area contributed by atoms with E-state index < -0.39 is 5.82 Å². The summed E-state index contributed by atoms with van der Waals surface area (Å²) in [6, 6.07) is 10.00. The molecular formula is C14H9FN2. The van der Waals surface area contributed by atoms with Crippen molar-refractivity contribution in [2.24, 2.45) is 0 Å². The predicted molar refractivity (Wildman–Crippen MR) is 64.3 cm³/mol. The van der Waals surface area contributed by atoms with Crippen molar-refractivity contribution in [3.05, 3.63) is 65.2 Å². The highest BCUT2D eigenvalue weighted by Gasteiger charge is 2.00. The van der Waals surface area contributed by atoms with Crippen LogP contribution in [0.4, 0.5) is 4.39 Å². The number of rotatable bonds is 2. The second kappa shape index (κ2) is 5.04. The summed E-state index contributed by atoms with van der Waals surface area (Å²) in [6.45, 7) is 0. The van der Waals surface area contributed by atoms with E-state index in [1.807, 2.05) is 30.4 Å². The lowest BCUT2D eigenvalue weighted by Gasteiger charge is -1.96. The molecule has 2 rings (SSSR count). The largest absolute Gasteiger partial charge is 0.265 e. The third kappa shape index (κ3) is 2.76. The van der Waals surface area contributed by atoms with Crippen LogP contribution in [0.1, 0.15) is 16.7 Å². The number of nitriles is 1. The van der Waals surface area contributed by atoms with E-state index in [2.05, 4.69) is 4.98 Å². The number of hydrogen-bond donors (Lipinski definition) is 0. The molecule has 0 spiro atoms. The molecule has 82 valence electrons. The van der Waals surface area contributed by atoms with Crippen molar-refractivity contribution in [3.8, 4) is 6.07 Å². The van der Waals surface area contributed by atoms with Crippen molar-refractivity contribution < 1.29 is 4.39 Å². The Morgan fingerprint density at radius 2 is 1.76 bits per heavy atom. The summed E-state index contributed by atoms with van der Waals surface area (Å²) in [7, 11) is 0. The molecule has 0 fully saturated rings. The molecule has 3 heteroatoms. The van der Waals surface area contributed by atoms with Gasteiger partial charge in [-0.15, -0.1) is 0 Å². The van der Waals surface area contributed by atoms with Crippen LogP contribution >= 0.6 is 0 Å². The van der Waals surface area contributed by atoms with Gasteiger partial charge in [-0.2, -0.15) is 5.26 Å². The molecule has 0 unspecified atom stereocenters. The first-order chi connectivity index (χ1) is 8.29. The monoisotopic (exact) mass is 224 g/mol. The van der Waals surface area contributed by atoms with Crippen LogP contribution in [0.2, 0.25) is 0 Å². The minimum Gasteiger partial charge on any atom is -0.265 e. The van der Waals surface area contributed by atoms with E-state index in [0.717, 1.165) is 11.1 Å². The molecule has 0 N–H and O–H groups in total. The lowest BCUT2D eigenvalue weighted by Crippen LogP contribution is -1.84. The molecule has 0 saturated carbocycles. The lowest BCUT2D eigenvalue weighted by atomic mass is 10.1. The van der Waals surface area contributed by atoms with Crippen molar-refractivity contribution in [3.63, 3.8) is 0 Å². The zero-order valence-corrected chi connectivity index (χ0v) is 8.97. The Bertz CT molecular complexity index is 583. The van der Waals surface area contributed by atoms with Gasteiger partial charge in [-0.25, -0.2) is 4.39 Å². The zero-order chi connectivity index (χ0) is 12.1. The summed E-state index contributed by atoms with van der Waals surface area (Å²) in [5.41, 5.74) is 1.85. The molecule has 0 bridgehead atoms. The molecule has 17 heavy (non-hydrogen) atoms. The summed E-state index contributed by atoms with van der Waals surface area (Å²) in [5, 5.41) is 8.71. The summed E-state index contributed by atoms with van der Waals surface area (Å²) in [6.07, 6.45) is 7.11. The minimum atomic E-state index is -0.492. The van der Waals surface area contributed by atoms with Crippen molar-refractivity contribution in [2.45, 2.75) is 0 Å².